The van der Waals surface area contributed by atoms with Crippen molar-refractivity contribution in [2.45, 2.75) is 31.9 Å². The van der Waals surface area contributed by atoms with Crippen molar-refractivity contribution < 1.29 is 23.1 Å². The largest absolute Gasteiger partial charge is 0.481 e. The van der Waals surface area contributed by atoms with Crippen LogP contribution >= 0.6 is 0 Å². The lowest BCUT2D eigenvalue weighted by molar-refractivity contribution is -0.139. The number of carboxylic acid groups (broad SMARTS) is 1. The fourth-order valence-corrected chi connectivity index (χ4v) is 2.48. The molecule has 0 spiro atoms. The Bertz CT molecular complexity index is 658. The van der Waals surface area contributed by atoms with Crippen LogP contribution in [0, 0.1) is 0 Å². The number of hydrogen-bond acceptors (Lipinski definition) is 1. The van der Waals surface area contributed by atoms with Gasteiger partial charge in [0.05, 0.1) is 11.5 Å². The van der Waals surface area contributed by atoms with Crippen molar-refractivity contribution in [3.8, 4) is 11.1 Å². The normalized spacial score (nSPS) is 12.9. The fourth-order valence-electron chi connectivity index (χ4n) is 2.48. The van der Waals surface area contributed by atoms with Crippen molar-refractivity contribution in [3.05, 3.63) is 59.7 Å². The molecule has 0 amide bonds. The van der Waals surface area contributed by atoms with Crippen molar-refractivity contribution >= 4 is 5.97 Å². The molecule has 2 aromatic rings. The summed E-state index contributed by atoms with van der Waals surface area (Å²) in [6, 6.07) is 11.8. The van der Waals surface area contributed by atoms with Gasteiger partial charge in [-0.15, -0.1) is 0 Å². The molecule has 1 atom stereocenters. The summed E-state index contributed by atoms with van der Waals surface area (Å²) in [6.45, 7) is 1.92. The van der Waals surface area contributed by atoms with E-state index in [0.717, 1.165) is 24.1 Å². The molecule has 0 aromatic heterocycles. The van der Waals surface area contributed by atoms with Crippen LogP contribution in [0.1, 0.15) is 36.8 Å². The number of hydrogen-bond donors (Lipinski definition) is 1. The van der Waals surface area contributed by atoms with E-state index in [-0.39, 0.29) is 0 Å². The molecule has 2 nitrogen and oxygen atoms in total. The van der Waals surface area contributed by atoms with E-state index in [2.05, 4.69) is 0 Å². The van der Waals surface area contributed by atoms with E-state index in [0.29, 0.717) is 17.5 Å². The molecule has 122 valence electrons. The van der Waals surface area contributed by atoms with E-state index in [4.69, 9.17) is 0 Å². The van der Waals surface area contributed by atoms with Crippen LogP contribution in [0.25, 0.3) is 11.1 Å². The molecule has 0 fully saturated rings. The first-order chi connectivity index (χ1) is 10.8. The van der Waals surface area contributed by atoms with E-state index in [1.807, 2.05) is 6.92 Å². The lowest BCUT2D eigenvalue weighted by Crippen LogP contribution is -2.11. The molecule has 23 heavy (non-hydrogen) atoms. The SMILES string of the molecule is CCCC(C(=O)O)c1ccc(-c2ccc(C(F)(F)F)cc2)cc1. The van der Waals surface area contributed by atoms with Gasteiger partial charge in [0, 0.05) is 0 Å². The first-order valence-electron chi connectivity index (χ1n) is 7.33. The summed E-state index contributed by atoms with van der Waals surface area (Å²) < 4.78 is 37.7. The van der Waals surface area contributed by atoms with Gasteiger partial charge < -0.3 is 5.11 Å². The number of alkyl halides is 3. The van der Waals surface area contributed by atoms with Crippen LogP contribution < -0.4 is 0 Å². The lowest BCUT2D eigenvalue weighted by Gasteiger charge is -2.12. The topological polar surface area (TPSA) is 37.3 Å². The van der Waals surface area contributed by atoms with Gasteiger partial charge in [0.1, 0.15) is 0 Å². The highest BCUT2D eigenvalue weighted by Crippen LogP contribution is 2.31. The molecule has 1 N–H and O–H groups in total. The molecule has 0 aliphatic carbocycles. The smallest absolute Gasteiger partial charge is 0.416 e. The second-order valence-corrected chi connectivity index (χ2v) is 5.38. The second kappa shape index (κ2) is 6.86. The van der Waals surface area contributed by atoms with Gasteiger partial charge in [-0.05, 0) is 35.2 Å². The van der Waals surface area contributed by atoms with Crippen molar-refractivity contribution in [2.75, 3.05) is 0 Å². The van der Waals surface area contributed by atoms with Gasteiger partial charge in [0.15, 0.2) is 0 Å². The predicted octanol–water partition coefficient (Wildman–Crippen LogP) is 5.34. The average molecular weight is 322 g/mol. The lowest BCUT2D eigenvalue weighted by atomic mass is 9.93. The van der Waals surface area contributed by atoms with Gasteiger partial charge >= 0.3 is 12.1 Å². The Hall–Kier alpha value is -2.30. The quantitative estimate of drug-likeness (QED) is 0.806. The molecule has 0 aliphatic heterocycles. The van der Waals surface area contributed by atoms with Crippen LogP contribution in [0.2, 0.25) is 0 Å². The average Bonchev–Trinajstić information content (AvgIpc) is 2.52. The van der Waals surface area contributed by atoms with Gasteiger partial charge in [-0.3, -0.25) is 4.79 Å². The van der Waals surface area contributed by atoms with Crippen LogP contribution in [0.4, 0.5) is 13.2 Å². The summed E-state index contributed by atoms with van der Waals surface area (Å²) in [6.07, 6.45) is -3.04. The van der Waals surface area contributed by atoms with Gasteiger partial charge in [-0.2, -0.15) is 13.2 Å². The van der Waals surface area contributed by atoms with E-state index >= 15 is 0 Å². The minimum absolute atomic E-state index is 0.551. The second-order valence-electron chi connectivity index (χ2n) is 5.38. The molecule has 0 radical (unpaired) electrons. The van der Waals surface area contributed by atoms with Gasteiger partial charge in [0.25, 0.3) is 0 Å². The number of carboxylic acids is 1. The summed E-state index contributed by atoms with van der Waals surface area (Å²) in [5.74, 6) is -1.42. The van der Waals surface area contributed by atoms with Crippen molar-refractivity contribution in [3.63, 3.8) is 0 Å². The zero-order valence-electron chi connectivity index (χ0n) is 12.6. The summed E-state index contributed by atoms with van der Waals surface area (Å²) in [4.78, 5) is 11.3. The molecule has 0 saturated heterocycles. The van der Waals surface area contributed by atoms with Crippen LogP contribution in [0.5, 0.6) is 0 Å². The summed E-state index contributed by atoms with van der Waals surface area (Å²) >= 11 is 0. The minimum Gasteiger partial charge on any atom is -0.481 e. The molecule has 0 saturated carbocycles. The Morgan fingerprint density at radius 1 is 1.00 bits per heavy atom. The third-order valence-corrected chi connectivity index (χ3v) is 3.73. The van der Waals surface area contributed by atoms with Gasteiger partial charge in [0.2, 0.25) is 0 Å². The summed E-state index contributed by atoms with van der Waals surface area (Å²) in [5, 5.41) is 9.24. The maximum Gasteiger partial charge on any atom is 0.416 e. The Morgan fingerprint density at radius 3 is 1.87 bits per heavy atom. The molecule has 0 bridgehead atoms. The number of aliphatic carboxylic acids is 1. The third kappa shape index (κ3) is 4.12. The molecule has 5 heteroatoms. The zero-order valence-corrected chi connectivity index (χ0v) is 12.6. The molecule has 0 heterocycles. The Morgan fingerprint density at radius 2 is 1.48 bits per heavy atom. The van der Waals surface area contributed by atoms with E-state index in [9.17, 15) is 23.1 Å². The first kappa shape index (κ1) is 17.1. The first-order valence-corrected chi connectivity index (χ1v) is 7.33. The Balaban J connectivity index is 2.24. The van der Waals surface area contributed by atoms with Crippen LogP contribution in [-0.2, 0) is 11.0 Å². The highest BCUT2D eigenvalue weighted by molar-refractivity contribution is 5.76. The van der Waals surface area contributed by atoms with E-state index in [1.165, 1.54) is 12.1 Å². The number of rotatable bonds is 5. The molecule has 2 aromatic carbocycles. The zero-order chi connectivity index (χ0) is 17.0. The molecule has 2 rings (SSSR count). The summed E-state index contributed by atoms with van der Waals surface area (Å²) in [5.41, 5.74) is 1.43. The maximum absolute atomic E-state index is 12.6. The maximum atomic E-state index is 12.6. The fraction of sp³-hybridized carbons (Fsp3) is 0.278. The van der Waals surface area contributed by atoms with Crippen LogP contribution in [-0.4, -0.2) is 11.1 Å². The minimum atomic E-state index is -4.35. The monoisotopic (exact) mass is 322 g/mol. The van der Waals surface area contributed by atoms with Crippen LogP contribution in [0.3, 0.4) is 0 Å². The molecule has 1 unspecified atom stereocenters. The van der Waals surface area contributed by atoms with Crippen LogP contribution in [0.15, 0.2) is 48.5 Å². The number of halogens is 3. The van der Waals surface area contributed by atoms with E-state index in [1.54, 1.807) is 24.3 Å². The highest BCUT2D eigenvalue weighted by Gasteiger charge is 2.30. The van der Waals surface area contributed by atoms with Gasteiger partial charge in [-0.25, -0.2) is 0 Å². The Kier molecular flexibility index (Phi) is 5.08. The Labute approximate surface area is 132 Å². The van der Waals surface area contributed by atoms with E-state index < -0.39 is 23.6 Å². The van der Waals surface area contributed by atoms with Crippen molar-refractivity contribution in [1.29, 1.82) is 0 Å². The number of benzene rings is 2. The number of carbonyl (C=O) groups is 1. The predicted molar refractivity (Wildman–Crippen MR) is 82.2 cm³/mol. The van der Waals surface area contributed by atoms with Gasteiger partial charge in [-0.1, -0.05) is 49.7 Å². The molecule has 0 aliphatic rings. The molecular weight excluding hydrogens is 305 g/mol. The van der Waals surface area contributed by atoms with Crippen molar-refractivity contribution in [1.82, 2.24) is 0 Å². The van der Waals surface area contributed by atoms with Crippen molar-refractivity contribution in [2.24, 2.45) is 0 Å². The molecular formula is C18H17F3O2. The standard InChI is InChI=1S/C18H17F3O2/c1-2-3-16(17(22)23)14-6-4-12(5-7-14)13-8-10-15(11-9-13)18(19,20)21/h4-11,16H,2-3H2,1H3,(H,22,23). The summed E-state index contributed by atoms with van der Waals surface area (Å²) in [7, 11) is 0. The highest BCUT2D eigenvalue weighted by atomic mass is 19.4. The third-order valence-electron chi connectivity index (χ3n) is 3.73.